The number of amides is 1. The molecule has 3 aromatic rings. The van der Waals surface area contributed by atoms with Crippen molar-refractivity contribution in [2.24, 2.45) is 5.73 Å². The Morgan fingerprint density at radius 3 is 2.22 bits per heavy atom. The highest BCUT2D eigenvalue weighted by atomic mass is 16.1. The number of benzene rings is 1. The van der Waals surface area contributed by atoms with Gasteiger partial charge in [-0.1, -0.05) is 24.3 Å². The summed E-state index contributed by atoms with van der Waals surface area (Å²) in [6.45, 7) is 7.72. The normalized spacial score (nSPS) is 9.47. The fourth-order valence-corrected chi connectivity index (χ4v) is 3.23. The molecule has 0 radical (unpaired) electrons. The molecule has 0 saturated carbocycles. The minimum absolute atomic E-state index is 0.218. The molecule has 1 amide bonds. The molecule has 0 saturated heterocycles. The van der Waals surface area contributed by atoms with Gasteiger partial charge < -0.3 is 10.3 Å². The van der Waals surface area contributed by atoms with Crippen molar-refractivity contribution in [2.75, 3.05) is 0 Å². The third-order valence-corrected chi connectivity index (χ3v) is 4.85. The SMILES string of the molecule is C=CCC#N.Cc1c(C#N)c(-c2ccc(C#N)cc2)c(C)n1Cc1ccc(C(N)=O)nc1. The third-order valence-electron chi connectivity index (χ3n) is 4.85. The Kier molecular flexibility index (Phi) is 8.06. The molecule has 7 heteroatoms. The number of hydrogen-bond acceptors (Lipinski definition) is 5. The molecule has 0 fully saturated rings. The second-order valence-corrected chi connectivity index (χ2v) is 6.87. The second-order valence-electron chi connectivity index (χ2n) is 6.87. The van der Waals surface area contributed by atoms with Gasteiger partial charge in [0.2, 0.25) is 0 Å². The summed E-state index contributed by atoms with van der Waals surface area (Å²) in [6, 6.07) is 16.9. The van der Waals surface area contributed by atoms with E-state index in [2.05, 4.69) is 23.7 Å². The number of rotatable bonds is 5. The number of nitrogens with two attached hydrogens (primary N) is 1. The summed E-state index contributed by atoms with van der Waals surface area (Å²) < 4.78 is 2.05. The molecule has 0 aliphatic heterocycles. The van der Waals surface area contributed by atoms with E-state index in [4.69, 9.17) is 16.3 Å². The standard InChI is InChI=1S/C21H17N5O.C4H5N/c1-13-18(10-23)20(17-6-3-15(9-22)4-7-17)14(2)26(13)12-16-5-8-19(21(24)27)25-11-16;1-2-3-4-5/h3-8,11H,12H2,1-2H3,(H2,24,27);2H,1,3H2. The molecular formula is C25H22N6O. The van der Waals surface area contributed by atoms with Gasteiger partial charge in [-0.05, 0) is 43.2 Å². The Morgan fingerprint density at radius 1 is 1.09 bits per heavy atom. The van der Waals surface area contributed by atoms with Gasteiger partial charge in [0.25, 0.3) is 5.91 Å². The molecule has 0 unspecified atom stereocenters. The van der Waals surface area contributed by atoms with E-state index in [1.165, 1.54) is 0 Å². The molecule has 3 rings (SSSR count). The summed E-state index contributed by atoms with van der Waals surface area (Å²) in [6.07, 6.45) is 3.65. The summed E-state index contributed by atoms with van der Waals surface area (Å²) >= 11 is 0. The number of pyridine rings is 1. The van der Waals surface area contributed by atoms with Crippen molar-refractivity contribution < 1.29 is 4.79 Å². The number of hydrogen-bond donors (Lipinski definition) is 1. The number of aromatic nitrogens is 2. The lowest BCUT2D eigenvalue weighted by molar-refractivity contribution is 0.0995. The first-order chi connectivity index (χ1) is 15.4. The Morgan fingerprint density at radius 2 is 1.78 bits per heavy atom. The number of allylic oxidation sites excluding steroid dienone is 1. The van der Waals surface area contributed by atoms with Gasteiger partial charge in [0.1, 0.15) is 11.8 Å². The third kappa shape index (κ3) is 5.27. The lowest BCUT2D eigenvalue weighted by Gasteiger charge is -2.10. The first kappa shape index (κ1) is 23.6. The quantitative estimate of drug-likeness (QED) is 0.617. The van der Waals surface area contributed by atoms with E-state index in [1.54, 1.807) is 36.5 Å². The van der Waals surface area contributed by atoms with Crippen LogP contribution in [0.25, 0.3) is 11.1 Å². The molecule has 0 spiro atoms. The van der Waals surface area contributed by atoms with Crippen molar-refractivity contribution in [3.05, 3.63) is 89.0 Å². The monoisotopic (exact) mass is 422 g/mol. The van der Waals surface area contributed by atoms with Crippen molar-refractivity contribution in [1.82, 2.24) is 9.55 Å². The fraction of sp³-hybridized carbons (Fsp3) is 0.160. The summed E-state index contributed by atoms with van der Waals surface area (Å²) in [5, 5.41) is 26.4. The molecule has 0 atom stereocenters. The van der Waals surface area contributed by atoms with Crippen LogP contribution in [0.15, 0.2) is 55.3 Å². The largest absolute Gasteiger partial charge is 0.364 e. The fourth-order valence-electron chi connectivity index (χ4n) is 3.23. The Labute approximate surface area is 187 Å². The zero-order valence-electron chi connectivity index (χ0n) is 18.0. The van der Waals surface area contributed by atoms with Gasteiger partial charge in [0.15, 0.2) is 0 Å². The van der Waals surface area contributed by atoms with Crippen LogP contribution in [0.4, 0.5) is 0 Å². The smallest absolute Gasteiger partial charge is 0.267 e. The van der Waals surface area contributed by atoms with E-state index in [-0.39, 0.29) is 5.69 Å². The van der Waals surface area contributed by atoms with Crippen molar-refractivity contribution in [3.8, 4) is 29.3 Å². The van der Waals surface area contributed by atoms with Crippen LogP contribution in [0.3, 0.4) is 0 Å². The maximum absolute atomic E-state index is 11.2. The van der Waals surface area contributed by atoms with Crippen LogP contribution >= 0.6 is 0 Å². The van der Waals surface area contributed by atoms with E-state index in [1.807, 2.05) is 36.6 Å². The van der Waals surface area contributed by atoms with Crippen molar-refractivity contribution in [3.63, 3.8) is 0 Å². The van der Waals surface area contributed by atoms with E-state index >= 15 is 0 Å². The lowest BCUT2D eigenvalue weighted by Crippen LogP contribution is -2.13. The topological polar surface area (TPSA) is 132 Å². The maximum Gasteiger partial charge on any atom is 0.267 e. The van der Waals surface area contributed by atoms with E-state index in [9.17, 15) is 10.1 Å². The number of nitrogens with zero attached hydrogens (tertiary/aromatic N) is 5. The Balaban J connectivity index is 0.000000654. The van der Waals surface area contributed by atoms with E-state index in [0.29, 0.717) is 24.1 Å². The van der Waals surface area contributed by atoms with Gasteiger partial charge in [-0.15, -0.1) is 6.58 Å². The summed E-state index contributed by atoms with van der Waals surface area (Å²) in [5.74, 6) is -0.565. The van der Waals surface area contributed by atoms with Crippen molar-refractivity contribution >= 4 is 5.91 Å². The Bertz CT molecular complexity index is 1250. The van der Waals surface area contributed by atoms with Crippen LogP contribution in [0.5, 0.6) is 0 Å². The Hall–Kier alpha value is -4.67. The average Bonchev–Trinajstić information content (AvgIpc) is 3.04. The molecule has 0 aliphatic rings. The predicted molar refractivity (Wildman–Crippen MR) is 121 cm³/mol. The zero-order chi connectivity index (χ0) is 23.7. The summed E-state index contributed by atoms with van der Waals surface area (Å²) in [5.41, 5.74) is 11.1. The zero-order valence-corrected chi connectivity index (χ0v) is 18.0. The summed E-state index contributed by atoms with van der Waals surface area (Å²) in [4.78, 5) is 15.2. The molecule has 2 heterocycles. The lowest BCUT2D eigenvalue weighted by atomic mass is 10.0. The molecule has 0 bridgehead atoms. The van der Waals surface area contributed by atoms with Crippen LogP contribution < -0.4 is 5.73 Å². The molecule has 7 nitrogen and oxygen atoms in total. The van der Waals surface area contributed by atoms with E-state index < -0.39 is 5.91 Å². The van der Waals surface area contributed by atoms with Crippen LogP contribution in [0, 0.1) is 47.8 Å². The summed E-state index contributed by atoms with van der Waals surface area (Å²) in [7, 11) is 0. The molecule has 2 aromatic heterocycles. The van der Waals surface area contributed by atoms with E-state index in [0.717, 1.165) is 28.1 Å². The van der Waals surface area contributed by atoms with Gasteiger partial charge in [-0.3, -0.25) is 9.78 Å². The second kappa shape index (κ2) is 10.9. The first-order valence-corrected chi connectivity index (χ1v) is 9.70. The van der Waals surface area contributed by atoms with Gasteiger partial charge in [0.05, 0.1) is 29.7 Å². The molecule has 2 N–H and O–H groups in total. The number of carbonyl (C=O) groups is 1. The highest BCUT2D eigenvalue weighted by Crippen LogP contribution is 2.32. The van der Waals surface area contributed by atoms with Gasteiger partial charge in [-0.25, -0.2) is 0 Å². The number of nitriles is 3. The first-order valence-electron chi connectivity index (χ1n) is 9.70. The average molecular weight is 422 g/mol. The minimum atomic E-state index is -0.565. The number of carbonyl (C=O) groups excluding carboxylic acids is 1. The van der Waals surface area contributed by atoms with Crippen molar-refractivity contribution in [2.45, 2.75) is 26.8 Å². The highest BCUT2D eigenvalue weighted by Gasteiger charge is 2.19. The molecular weight excluding hydrogens is 400 g/mol. The van der Waals surface area contributed by atoms with Gasteiger partial charge >= 0.3 is 0 Å². The van der Waals surface area contributed by atoms with Crippen LogP contribution in [-0.4, -0.2) is 15.5 Å². The molecule has 0 aliphatic carbocycles. The highest BCUT2D eigenvalue weighted by molar-refractivity contribution is 5.90. The predicted octanol–water partition coefficient (Wildman–Crippen LogP) is 4.14. The van der Waals surface area contributed by atoms with Gasteiger partial charge in [0, 0.05) is 29.7 Å². The molecule has 32 heavy (non-hydrogen) atoms. The minimum Gasteiger partial charge on any atom is -0.364 e. The van der Waals surface area contributed by atoms with Crippen LogP contribution in [-0.2, 0) is 6.54 Å². The molecule has 1 aromatic carbocycles. The van der Waals surface area contributed by atoms with Gasteiger partial charge in [-0.2, -0.15) is 15.8 Å². The van der Waals surface area contributed by atoms with Crippen LogP contribution in [0.1, 0.15) is 45.0 Å². The van der Waals surface area contributed by atoms with Crippen LogP contribution in [0.2, 0.25) is 0 Å². The maximum atomic E-state index is 11.2. The molecule has 158 valence electrons. The van der Waals surface area contributed by atoms with Crippen molar-refractivity contribution in [1.29, 1.82) is 15.8 Å². The number of primary amides is 1.